The van der Waals surface area contributed by atoms with Crippen LogP contribution >= 0.6 is 0 Å². The molecule has 0 bridgehead atoms. The van der Waals surface area contributed by atoms with Gasteiger partial charge in [-0.3, -0.25) is 4.90 Å². The lowest BCUT2D eigenvalue weighted by molar-refractivity contribution is -0.170. The predicted octanol–water partition coefficient (Wildman–Crippen LogP) is 3.49. The van der Waals surface area contributed by atoms with Crippen LogP contribution in [0.1, 0.15) is 39.0 Å². The second-order valence-corrected chi connectivity index (χ2v) is 8.87. The first kappa shape index (κ1) is 20.9. The van der Waals surface area contributed by atoms with Gasteiger partial charge in [-0.05, 0) is 50.8 Å². The van der Waals surface area contributed by atoms with Crippen LogP contribution in [-0.2, 0) is 14.2 Å². The van der Waals surface area contributed by atoms with E-state index in [4.69, 9.17) is 23.7 Å². The molecule has 0 aliphatic carbocycles. The van der Waals surface area contributed by atoms with Gasteiger partial charge in [0.05, 0.1) is 19.8 Å². The summed E-state index contributed by atoms with van der Waals surface area (Å²) in [6.45, 7) is 8.80. The molecule has 0 radical (unpaired) electrons. The molecule has 162 valence electrons. The van der Waals surface area contributed by atoms with Crippen molar-refractivity contribution in [3.8, 4) is 11.5 Å². The van der Waals surface area contributed by atoms with E-state index in [0.29, 0.717) is 19.8 Å². The first-order valence-corrected chi connectivity index (χ1v) is 11.1. The van der Waals surface area contributed by atoms with Crippen molar-refractivity contribution in [3.05, 3.63) is 24.3 Å². The molecule has 6 nitrogen and oxygen atoms in total. The number of rotatable bonds is 8. The van der Waals surface area contributed by atoms with E-state index in [2.05, 4.69) is 11.8 Å². The van der Waals surface area contributed by atoms with E-state index < -0.39 is 0 Å². The fourth-order valence-corrected chi connectivity index (χ4v) is 4.54. The highest BCUT2D eigenvalue weighted by molar-refractivity contribution is 5.40. The molecule has 0 amide bonds. The Kier molecular flexibility index (Phi) is 7.29. The third kappa shape index (κ3) is 6.07. The number of ether oxygens (including phenoxy) is 5. The van der Waals surface area contributed by atoms with Gasteiger partial charge in [-0.15, -0.1) is 0 Å². The van der Waals surface area contributed by atoms with Gasteiger partial charge in [0.15, 0.2) is 17.8 Å². The number of hydrogen-bond donors (Lipinski definition) is 0. The Bertz CT molecular complexity index is 635. The quantitative estimate of drug-likeness (QED) is 0.617. The van der Waals surface area contributed by atoms with E-state index in [9.17, 15) is 0 Å². The normalized spacial score (nSPS) is 30.2. The van der Waals surface area contributed by atoms with Gasteiger partial charge in [0.1, 0.15) is 12.7 Å². The van der Waals surface area contributed by atoms with Crippen LogP contribution in [0.2, 0.25) is 0 Å². The van der Waals surface area contributed by atoms with Gasteiger partial charge in [-0.1, -0.05) is 19.1 Å². The van der Waals surface area contributed by atoms with Gasteiger partial charge in [0.25, 0.3) is 0 Å². The van der Waals surface area contributed by atoms with Gasteiger partial charge in [0.2, 0.25) is 0 Å². The summed E-state index contributed by atoms with van der Waals surface area (Å²) in [5.41, 5.74) is 0.174. The van der Waals surface area contributed by atoms with Gasteiger partial charge in [0, 0.05) is 25.1 Å². The zero-order chi connectivity index (χ0) is 19.9. The van der Waals surface area contributed by atoms with E-state index in [1.54, 1.807) is 0 Å². The minimum Gasteiger partial charge on any atom is -0.486 e. The number of piperidine rings is 1. The van der Waals surface area contributed by atoms with Gasteiger partial charge in [-0.2, -0.15) is 0 Å². The molecule has 3 atom stereocenters. The first-order valence-electron chi connectivity index (χ1n) is 11.1. The summed E-state index contributed by atoms with van der Waals surface area (Å²) < 4.78 is 29.4. The molecule has 2 fully saturated rings. The van der Waals surface area contributed by atoms with Crippen LogP contribution in [-0.4, -0.2) is 70.0 Å². The molecule has 3 aliphatic rings. The Morgan fingerprint density at radius 3 is 2.90 bits per heavy atom. The molecule has 3 heterocycles. The minimum atomic E-state index is -0.0315. The molecule has 1 aromatic rings. The number of para-hydroxylation sites is 2. The second-order valence-electron chi connectivity index (χ2n) is 8.87. The average molecular weight is 406 g/mol. The third-order valence-electron chi connectivity index (χ3n) is 6.01. The zero-order valence-electron chi connectivity index (χ0n) is 17.6. The maximum absolute atomic E-state index is 6.15. The van der Waals surface area contributed by atoms with E-state index >= 15 is 0 Å². The summed E-state index contributed by atoms with van der Waals surface area (Å²) in [6, 6.07) is 7.91. The van der Waals surface area contributed by atoms with Crippen LogP contribution in [0.25, 0.3) is 0 Å². The van der Waals surface area contributed by atoms with Crippen molar-refractivity contribution in [2.24, 2.45) is 5.41 Å². The molecule has 1 unspecified atom stereocenters. The Labute approximate surface area is 174 Å². The molecule has 1 aromatic carbocycles. The van der Waals surface area contributed by atoms with Crippen LogP contribution in [0, 0.1) is 5.41 Å². The zero-order valence-corrected chi connectivity index (χ0v) is 17.6. The molecular formula is C23H35NO5. The highest BCUT2D eigenvalue weighted by Crippen LogP contribution is 2.33. The Morgan fingerprint density at radius 2 is 2.03 bits per heavy atom. The smallest absolute Gasteiger partial charge is 0.161 e. The lowest BCUT2D eigenvalue weighted by Crippen LogP contribution is -2.49. The van der Waals surface area contributed by atoms with E-state index in [0.717, 1.165) is 57.2 Å². The molecule has 0 N–H and O–H groups in total. The van der Waals surface area contributed by atoms with Crippen molar-refractivity contribution in [3.63, 3.8) is 0 Å². The molecule has 29 heavy (non-hydrogen) atoms. The average Bonchev–Trinajstić information content (AvgIpc) is 2.74. The van der Waals surface area contributed by atoms with Crippen molar-refractivity contribution in [2.75, 3.05) is 52.7 Å². The first-order chi connectivity index (χ1) is 14.2. The second kappa shape index (κ2) is 10.1. The van der Waals surface area contributed by atoms with Crippen molar-refractivity contribution in [1.82, 2.24) is 4.90 Å². The van der Waals surface area contributed by atoms with Crippen molar-refractivity contribution < 1.29 is 23.7 Å². The lowest BCUT2D eigenvalue weighted by Gasteiger charge is -2.42. The topological polar surface area (TPSA) is 49.4 Å². The van der Waals surface area contributed by atoms with Gasteiger partial charge < -0.3 is 23.7 Å². The highest BCUT2D eigenvalue weighted by Gasteiger charge is 2.33. The summed E-state index contributed by atoms with van der Waals surface area (Å²) in [7, 11) is 0. The number of hydrogen-bond acceptors (Lipinski definition) is 6. The fourth-order valence-electron chi connectivity index (χ4n) is 4.54. The SMILES string of the molecule is C[C@]1(COCCOC2CCCCO2)CCCN(C[C@H]2COc3ccccc3O2)C1. The predicted molar refractivity (Wildman–Crippen MR) is 110 cm³/mol. The van der Waals surface area contributed by atoms with Crippen LogP contribution in [0.3, 0.4) is 0 Å². The summed E-state index contributed by atoms with van der Waals surface area (Å²) >= 11 is 0. The van der Waals surface area contributed by atoms with Crippen LogP contribution in [0.15, 0.2) is 24.3 Å². The Hall–Kier alpha value is -1.34. The fraction of sp³-hybridized carbons (Fsp3) is 0.739. The lowest BCUT2D eigenvalue weighted by atomic mass is 9.82. The van der Waals surface area contributed by atoms with Crippen molar-refractivity contribution in [1.29, 1.82) is 0 Å². The van der Waals surface area contributed by atoms with Crippen LogP contribution in [0.4, 0.5) is 0 Å². The highest BCUT2D eigenvalue weighted by atomic mass is 16.7. The van der Waals surface area contributed by atoms with Gasteiger partial charge in [-0.25, -0.2) is 0 Å². The molecular weight excluding hydrogens is 370 g/mol. The Morgan fingerprint density at radius 1 is 1.14 bits per heavy atom. The van der Waals surface area contributed by atoms with Crippen molar-refractivity contribution in [2.45, 2.75) is 51.4 Å². The molecule has 0 aromatic heterocycles. The number of fused-ring (bicyclic) bond motifs is 1. The number of nitrogens with zero attached hydrogens (tertiary/aromatic N) is 1. The molecule has 6 heteroatoms. The van der Waals surface area contributed by atoms with Crippen LogP contribution < -0.4 is 9.47 Å². The number of likely N-dealkylation sites (tertiary alicyclic amines) is 1. The summed E-state index contributed by atoms with van der Waals surface area (Å²) in [5.74, 6) is 1.70. The van der Waals surface area contributed by atoms with Crippen LogP contribution in [0.5, 0.6) is 11.5 Å². The molecule has 0 saturated carbocycles. The minimum absolute atomic E-state index is 0.0315. The summed E-state index contributed by atoms with van der Waals surface area (Å²) in [6.07, 6.45) is 5.78. The summed E-state index contributed by atoms with van der Waals surface area (Å²) in [4.78, 5) is 2.50. The molecule has 0 spiro atoms. The maximum atomic E-state index is 6.15. The Balaban J connectivity index is 1.16. The molecule has 2 saturated heterocycles. The largest absolute Gasteiger partial charge is 0.486 e. The van der Waals surface area contributed by atoms with Crippen molar-refractivity contribution >= 4 is 0 Å². The molecule has 4 rings (SSSR count). The number of benzene rings is 1. The third-order valence-corrected chi connectivity index (χ3v) is 6.01. The van der Waals surface area contributed by atoms with E-state index in [1.165, 1.54) is 19.3 Å². The van der Waals surface area contributed by atoms with E-state index in [-0.39, 0.29) is 17.8 Å². The van der Waals surface area contributed by atoms with E-state index in [1.807, 2.05) is 24.3 Å². The monoisotopic (exact) mass is 405 g/mol. The van der Waals surface area contributed by atoms with Gasteiger partial charge >= 0.3 is 0 Å². The maximum Gasteiger partial charge on any atom is 0.161 e. The summed E-state index contributed by atoms with van der Waals surface area (Å²) in [5, 5.41) is 0. The standard InChI is InChI=1S/C23H35NO5/c1-23(18-25-13-14-27-22-9-4-5-12-26-22)10-6-11-24(17-23)15-19-16-28-20-7-2-3-8-21(20)29-19/h2-3,7-8,19,22H,4-6,9-18H2,1H3/t19-,22?,23-/m0/s1. The molecule has 3 aliphatic heterocycles.